The summed E-state index contributed by atoms with van der Waals surface area (Å²) in [6, 6.07) is 3.88. The summed E-state index contributed by atoms with van der Waals surface area (Å²) in [4.78, 5) is 13.8. The Morgan fingerprint density at radius 3 is 3.05 bits per heavy atom. The first-order valence-corrected chi connectivity index (χ1v) is 6.58. The largest absolute Gasteiger partial charge is 0.373 e. The molecule has 1 heterocycles. The number of ether oxygens (including phenoxy) is 1. The average molecular weight is 284 g/mol. The van der Waals surface area contributed by atoms with E-state index in [1.807, 2.05) is 7.05 Å². The minimum absolute atomic E-state index is 0.0601. The van der Waals surface area contributed by atoms with Gasteiger partial charge in [-0.1, -0.05) is 12.1 Å². The van der Waals surface area contributed by atoms with Crippen LogP contribution in [0.3, 0.4) is 0 Å². The van der Waals surface area contributed by atoms with Crippen LogP contribution in [0.4, 0.5) is 8.78 Å². The van der Waals surface area contributed by atoms with Gasteiger partial charge in [-0.25, -0.2) is 8.78 Å². The van der Waals surface area contributed by atoms with Crippen LogP contribution in [0.5, 0.6) is 0 Å². The maximum Gasteiger partial charge on any atom is 0.227 e. The fourth-order valence-corrected chi connectivity index (χ4v) is 2.26. The van der Waals surface area contributed by atoms with Crippen molar-refractivity contribution in [2.24, 2.45) is 0 Å². The van der Waals surface area contributed by atoms with Crippen molar-refractivity contribution in [3.8, 4) is 0 Å². The smallest absolute Gasteiger partial charge is 0.227 e. The van der Waals surface area contributed by atoms with E-state index in [-0.39, 0.29) is 24.0 Å². The van der Waals surface area contributed by atoms with Gasteiger partial charge in [0.15, 0.2) is 11.6 Å². The zero-order chi connectivity index (χ0) is 14.5. The number of benzene rings is 1. The predicted octanol–water partition coefficient (Wildman–Crippen LogP) is 0.954. The zero-order valence-corrected chi connectivity index (χ0v) is 11.4. The highest BCUT2D eigenvalue weighted by atomic mass is 19.2. The molecular formula is C14H18F2N2O2. The molecule has 1 aromatic carbocycles. The first kappa shape index (κ1) is 14.9. The maximum atomic E-state index is 13.5. The first-order chi connectivity index (χ1) is 9.61. The minimum atomic E-state index is -0.944. The Morgan fingerprint density at radius 2 is 2.30 bits per heavy atom. The van der Waals surface area contributed by atoms with Crippen LogP contribution in [0, 0.1) is 11.6 Å². The van der Waals surface area contributed by atoms with Crippen LogP contribution in [-0.4, -0.2) is 50.2 Å². The van der Waals surface area contributed by atoms with Crippen molar-refractivity contribution in [3.63, 3.8) is 0 Å². The lowest BCUT2D eigenvalue weighted by atomic mass is 10.1. The van der Waals surface area contributed by atoms with Gasteiger partial charge in [-0.2, -0.15) is 0 Å². The van der Waals surface area contributed by atoms with Gasteiger partial charge in [-0.3, -0.25) is 4.79 Å². The van der Waals surface area contributed by atoms with Gasteiger partial charge in [0.2, 0.25) is 5.91 Å². The number of halogens is 2. The quantitative estimate of drug-likeness (QED) is 0.895. The van der Waals surface area contributed by atoms with Gasteiger partial charge < -0.3 is 15.0 Å². The van der Waals surface area contributed by atoms with E-state index in [0.717, 1.165) is 6.07 Å². The number of hydrogen-bond acceptors (Lipinski definition) is 3. The van der Waals surface area contributed by atoms with Crippen LogP contribution in [-0.2, 0) is 16.0 Å². The Hall–Kier alpha value is -1.53. The van der Waals surface area contributed by atoms with Crippen molar-refractivity contribution in [1.82, 2.24) is 10.2 Å². The highest BCUT2D eigenvalue weighted by molar-refractivity contribution is 5.79. The SMILES string of the molecule is CNCC1CN(C(=O)Cc2cccc(F)c2F)CCO1. The molecule has 110 valence electrons. The van der Waals surface area contributed by atoms with Crippen LogP contribution < -0.4 is 5.32 Å². The molecule has 4 nitrogen and oxygen atoms in total. The van der Waals surface area contributed by atoms with Gasteiger partial charge >= 0.3 is 0 Å². The summed E-state index contributed by atoms with van der Waals surface area (Å²) in [6.45, 7) is 2.06. The van der Waals surface area contributed by atoms with Crippen LogP contribution in [0.2, 0.25) is 0 Å². The molecule has 1 aliphatic heterocycles. The van der Waals surface area contributed by atoms with E-state index >= 15 is 0 Å². The Balaban J connectivity index is 1.99. The average Bonchev–Trinajstić information content (AvgIpc) is 2.44. The molecule has 1 aliphatic rings. The molecule has 6 heteroatoms. The summed E-state index contributed by atoms with van der Waals surface area (Å²) in [5, 5.41) is 2.99. The van der Waals surface area contributed by atoms with E-state index in [1.165, 1.54) is 12.1 Å². The number of morpholine rings is 1. The molecule has 2 rings (SSSR count). The summed E-state index contributed by atoms with van der Waals surface area (Å²) in [7, 11) is 1.81. The summed E-state index contributed by atoms with van der Waals surface area (Å²) in [6.07, 6.45) is -0.189. The second-order valence-electron chi connectivity index (χ2n) is 4.78. The second-order valence-corrected chi connectivity index (χ2v) is 4.78. The molecule has 1 saturated heterocycles. The van der Waals surface area contributed by atoms with E-state index in [0.29, 0.717) is 26.2 Å². The van der Waals surface area contributed by atoms with Crippen molar-refractivity contribution in [2.45, 2.75) is 12.5 Å². The van der Waals surface area contributed by atoms with E-state index in [2.05, 4.69) is 5.32 Å². The molecule has 1 fully saturated rings. The molecule has 1 N–H and O–H groups in total. The van der Waals surface area contributed by atoms with E-state index < -0.39 is 11.6 Å². The van der Waals surface area contributed by atoms with Gasteiger partial charge in [-0.15, -0.1) is 0 Å². The molecule has 0 radical (unpaired) electrons. The van der Waals surface area contributed by atoms with E-state index in [9.17, 15) is 13.6 Å². The van der Waals surface area contributed by atoms with Crippen molar-refractivity contribution >= 4 is 5.91 Å². The van der Waals surface area contributed by atoms with Crippen LogP contribution in [0.15, 0.2) is 18.2 Å². The van der Waals surface area contributed by atoms with Crippen LogP contribution in [0.25, 0.3) is 0 Å². The second kappa shape index (κ2) is 6.76. The molecule has 0 saturated carbocycles. The van der Waals surface area contributed by atoms with Crippen LogP contribution in [0.1, 0.15) is 5.56 Å². The molecular weight excluding hydrogens is 266 g/mol. The summed E-state index contributed by atoms with van der Waals surface area (Å²) in [5.74, 6) is -2.08. The lowest BCUT2D eigenvalue weighted by Crippen LogP contribution is -2.49. The van der Waals surface area contributed by atoms with Crippen molar-refractivity contribution in [1.29, 1.82) is 0 Å². The topological polar surface area (TPSA) is 41.6 Å². The Morgan fingerprint density at radius 1 is 1.50 bits per heavy atom. The highest BCUT2D eigenvalue weighted by Crippen LogP contribution is 2.14. The number of carbonyl (C=O) groups excluding carboxylic acids is 1. The first-order valence-electron chi connectivity index (χ1n) is 6.58. The lowest BCUT2D eigenvalue weighted by Gasteiger charge is -2.33. The fraction of sp³-hybridized carbons (Fsp3) is 0.500. The molecule has 0 spiro atoms. The molecule has 1 unspecified atom stereocenters. The van der Waals surface area contributed by atoms with Crippen molar-refractivity contribution < 1.29 is 18.3 Å². The normalized spacial score (nSPS) is 19.1. The fourth-order valence-electron chi connectivity index (χ4n) is 2.26. The number of likely N-dealkylation sites (N-methyl/N-ethyl adjacent to an activating group) is 1. The molecule has 1 amide bonds. The van der Waals surface area contributed by atoms with Gasteiger partial charge in [-0.05, 0) is 13.1 Å². The monoisotopic (exact) mass is 284 g/mol. The number of rotatable bonds is 4. The number of hydrogen-bond donors (Lipinski definition) is 1. The molecule has 0 bridgehead atoms. The molecule has 20 heavy (non-hydrogen) atoms. The van der Waals surface area contributed by atoms with Crippen molar-refractivity contribution in [3.05, 3.63) is 35.4 Å². The molecule has 1 aromatic rings. The van der Waals surface area contributed by atoms with Crippen molar-refractivity contribution in [2.75, 3.05) is 33.3 Å². The molecule has 1 atom stereocenters. The Labute approximate surface area is 116 Å². The third-order valence-corrected chi connectivity index (χ3v) is 3.30. The summed E-state index contributed by atoms with van der Waals surface area (Å²) < 4.78 is 32.2. The third kappa shape index (κ3) is 3.52. The Kier molecular flexibility index (Phi) is 5.03. The van der Waals surface area contributed by atoms with E-state index in [1.54, 1.807) is 4.90 Å². The standard InChI is InChI=1S/C14H18F2N2O2/c1-17-8-11-9-18(5-6-20-11)13(19)7-10-3-2-4-12(15)14(10)16/h2-4,11,17H,5-9H2,1H3. The maximum absolute atomic E-state index is 13.5. The minimum Gasteiger partial charge on any atom is -0.373 e. The van der Waals surface area contributed by atoms with Crippen LogP contribution >= 0.6 is 0 Å². The molecule has 0 aromatic heterocycles. The predicted molar refractivity (Wildman–Crippen MR) is 70.3 cm³/mol. The third-order valence-electron chi connectivity index (χ3n) is 3.30. The highest BCUT2D eigenvalue weighted by Gasteiger charge is 2.24. The lowest BCUT2D eigenvalue weighted by molar-refractivity contribution is -0.137. The van der Waals surface area contributed by atoms with Gasteiger partial charge in [0.05, 0.1) is 19.1 Å². The van der Waals surface area contributed by atoms with E-state index in [4.69, 9.17) is 4.74 Å². The summed E-state index contributed by atoms with van der Waals surface area (Å²) >= 11 is 0. The number of carbonyl (C=O) groups is 1. The zero-order valence-electron chi connectivity index (χ0n) is 11.4. The number of amides is 1. The summed E-state index contributed by atoms with van der Waals surface area (Å²) in [5.41, 5.74) is 0.0895. The molecule has 0 aliphatic carbocycles. The van der Waals surface area contributed by atoms with Gasteiger partial charge in [0, 0.05) is 25.2 Å². The number of nitrogens with one attached hydrogen (secondary N) is 1. The Bertz CT molecular complexity index is 480. The van der Waals surface area contributed by atoms with Gasteiger partial charge in [0.25, 0.3) is 0 Å². The van der Waals surface area contributed by atoms with Gasteiger partial charge in [0.1, 0.15) is 0 Å². The number of nitrogens with zero attached hydrogens (tertiary/aromatic N) is 1.